The molecule has 1 aliphatic rings. The van der Waals surface area contributed by atoms with Crippen LogP contribution in [-0.2, 0) is 14.8 Å². The van der Waals surface area contributed by atoms with Crippen molar-refractivity contribution in [2.75, 3.05) is 39.0 Å². The van der Waals surface area contributed by atoms with Crippen LogP contribution in [-0.4, -0.2) is 57.3 Å². The maximum Gasteiger partial charge on any atom is 0.242 e. The summed E-state index contributed by atoms with van der Waals surface area (Å²) in [5.74, 6) is -0.110. The van der Waals surface area contributed by atoms with E-state index in [0.717, 1.165) is 30.2 Å². The predicted molar refractivity (Wildman–Crippen MR) is 86.2 cm³/mol. The van der Waals surface area contributed by atoms with Gasteiger partial charge in [0.05, 0.1) is 11.4 Å². The molecule has 122 valence electrons. The van der Waals surface area contributed by atoms with Gasteiger partial charge in [-0.3, -0.25) is 9.69 Å². The molecule has 1 fully saturated rings. The molecule has 0 bridgehead atoms. The SMILES string of the molecule is CN(C)S(=O)(=O)c1cccc(NC(=O)CN2CCCCC2)c1. The third-order valence-electron chi connectivity index (χ3n) is 3.71. The number of piperidine rings is 1. The van der Waals surface area contributed by atoms with Gasteiger partial charge in [-0.25, -0.2) is 12.7 Å². The first-order valence-electron chi connectivity index (χ1n) is 7.44. The molecule has 1 aromatic rings. The van der Waals surface area contributed by atoms with Crippen LogP contribution in [0, 0.1) is 0 Å². The average molecular weight is 325 g/mol. The number of nitrogens with zero attached hydrogens (tertiary/aromatic N) is 2. The molecular weight excluding hydrogens is 302 g/mol. The molecule has 1 aromatic carbocycles. The molecule has 2 rings (SSSR count). The van der Waals surface area contributed by atoms with Crippen LogP contribution in [0.1, 0.15) is 19.3 Å². The minimum atomic E-state index is -3.49. The van der Waals surface area contributed by atoms with E-state index < -0.39 is 10.0 Å². The molecule has 0 spiro atoms. The summed E-state index contributed by atoms with van der Waals surface area (Å²) >= 11 is 0. The van der Waals surface area contributed by atoms with Crippen molar-refractivity contribution in [2.24, 2.45) is 0 Å². The Morgan fingerprint density at radius 2 is 1.91 bits per heavy atom. The number of nitrogens with one attached hydrogen (secondary N) is 1. The van der Waals surface area contributed by atoms with E-state index in [1.807, 2.05) is 0 Å². The molecule has 6 nitrogen and oxygen atoms in total. The van der Waals surface area contributed by atoms with Gasteiger partial charge in [0.2, 0.25) is 15.9 Å². The highest BCUT2D eigenvalue weighted by molar-refractivity contribution is 7.89. The van der Waals surface area contributed by atoms with Crippen LogP contribution in [0.25, 0.3) is 0 Å². The molecule has 1 aliphatic heterocycles. The van der Waals surface area contributed by atoms with Crippen molar-refractivity contribution in [1.29, 1.82) is 0 Å². The molecule has 0 saturated carbocycles. The summed E-state index contributed by atoms with van der Waals surface area (Å²) in [4.78, 5) is 14.4. The summed E-state index contributed by atoms with van der Waals surface area (Å²) in [5, 5.41) is 2.78. The first kappa shape index (κ1) is 16.9. The molecular formula is C15H23N3O3S. The minimum Gasteiger partial charge on any atom is -0.325 e. The Kier molecular flexibility index (Phi) is 5.55. The molecule has 22 heavy (non-hydrogen) atoms. The zero-order valence-corrected chi connectivity index (χ0v) is 13.9. The molecule has 1 heterocycles. The monoisotopic (exact) mass is 325 g/mol. The minimum absolute atomic E-state index is 0.110. The first-order chi connectivity index (χ1) is 10.4. The molecule has 0 unspecified atom stereocenters. The number of benzene rings is 1. The quantitative estimate of drug-likeness (QED) is 0.887. The van der Waals surface area contributed by atoms with E-state index >= 15 is 0 Å². The number of hydrogen-bond donors (Lipinski definition) is 1. The average Bonchev–Trinajstić information content (AvgIpc) is 2.48. The number of anilines is 1. The van der Waals surface area contributed by atoms with Crippen LogP contribution in [0.3, 0.4) is 0 Å². The van der Waals surface area contributed by atoms with Gasteiger partial charge in [0.15, 0.2) is 0 Å². The van der Waals surface area contributed by atoms with Crippen LogP contribution in [0.15, 0.2) is 29.2 Å². The zero-order chi connectivity index (χ0) is 16.2. The Labute approximate surface area is 132 Å². The van der Waals surface area contributed by atoms with Gasteiger partial charge in [0.1, 0.15) is 0 Å². The summed E-state index contributed by atoms with van der Waals surface area (Å²) in [7, 11) is -0.525. The number of rotatable bonds is 5. The van der Waals surface area contributed by atoms with Crippen molar-refractivity contribution >= 4 is 21.6 Å². The number of likely N-dealkylation sites (tertiary alicyclic amines) is 1. The second-order valence-electron chi connectivity index (χ2n) is 5.70. The van der Waals surface area contributed by atoms with Crippen molar-refractivity contribution in [1.82, 2.24) is 9.21 Å². The molecule has 1 amide bonds. The smallest absolute Gasteiger partial charge is 0.242 e. The second-order valence-corrected chi connectivity index (χ2v) is 7.85. The van der Waals surface area contributed by atoms with E-state index in [2.05, 4.69) is 10.2 Å². The lowest BCUT2D eigenvalue weighted by atomic mass is 10.1. The number of carbonyl (C=O) groups excluding carboxylic acids is 1. The summed E-state index contributed by atoms with van der Waals surface area (Å²) in [6.07, 6.45) is 3.48. The fraction of sp³-hybridized carbons (Fsp3) is 0.533. The lowest BCUT2D eigenvalue weighted by Crippen LogP contribution is -2.36. The highest BCUT2D eigenvalue weighted by atomic mass is 32.2. The molecule has 1 saturated heterocycles. The molecule has 0 aliphatic carbocycles. The standard InChI is InChI=1S/C15H23N3O3S/c1-17(2)22(20,21)14-8-6-7-13(11-14)16-15(19)12-18-9-4-3-5-10-18/h6-8,11H,3-5,9-10,12H2,1-2H3,(H,16,19). The number of amides is 1. The molecule has 0 radical (unpaired) electrons. The summed E-state index contributed by atoms with van der Waals surface area (Å²) < 4.78 is 25.3. The maximum absolute atomic E-state index is 12.1. The lowest BCUT2D eigenvalue weighted by molar-refractivity contribution is -0.117. The van der Waals surface area contributed by atoms with Gasteiger partial charge in [-0.1, -0.05) is 12.5 Å². The maximum atomic E-state index is 12.1. The van der Waals surface area contributed by atoms with Gasteiger partial charge in [0.25, 0.3) is 0 Å². The molecule has 7 heteroatoms. The first-order valence-corrected chi connectivity index (χ1v) is 8.88. The van der Waals surface area contributed by atoms with Gasteiger partial charge in [0, 0.05) is 19.8 Å². The zero-order valence-electron chi connectivity index (χ0n) is 13.1. The molecule has 1 N–H and O–H groups in total. The Bertz CT molecular complexity index is 623. The van der Waals surface area contributed by atoms with Gasteiger partial charge in [-0.2, -0.15) is 0 Å². The van der Waals surface area contributed by atoms with Gasteiger partial charge < -0.3 is 5.32 Å². The van der Waals surface area contributed by atoms with E-state index in [9.17, 15) is 13.2 Å². The third-order valence-corrected chi connectivity index (χ3v) is 5.52. The second kappa shape index (κ2) is 7.21. The largest absolute Gasteiger partial charge is 0.325 e. The Balaban J connectivity index is 2.02. The number of hydrogen-bond acceptors (Lipinski definition) is 4. The van der Waals surface area contributed by atoms with Gasteiger partial charge >= 0.3 is 0 Å². The van der Waals surface area contributed by atoms with Crippen molar-refractivity contribution in [3.05, 3.63) is 24.3 Å². The predicted octanol–water partition coefficient (Wildman–Crippen LogP) is 1.36. The molecule has 0 atom stereocenters. The Morgan fingerprint density at radius 3 is 2.55 bits per heavy atom. The Hall–Kier alpha value is -1.44. The summed E-state index contributed by atoms with van der Waals surface area (Å²) in [5.41, 5.74) is 0.505. The fourth-order valence-electron chi connectivity index (χ4n) is 2.47. The normalized spacial score (nSPS) is 16.7. The Morgan fingerprint density at radius 1 is 1.23 bits per heavy atom. The van der Waals surface area contributed by atoms with Crippen molar-refractivity contribution in [3.8, 4) is 0 Å². The topological polar surface area (TPSA) is 69.7 Å². The van der Waals surface area contributed by atoms with E-state index in [4.69, 9.17) is 0 Å². The van der Waals surface area contributed by atoms with Gasteiger partial charge in [-0.15, -0.1) is 0 Å². The fourth-order valence-corrected chi connectivity index (χ4v) is 3.41. The van der Waals surface area contributed by atoms with Gasteiger partial charge in [-0.05, 0) is 44.1 Å². The highest BCUT2D eigenvalue weighted by Gasteiger charge is 2.18. The van der Waals surface area contributed by atoms with E-state index in [1.165, 1.54) is 32.6 Å². The van der Waals surface area contributed by atoms with Crippen LogP contribution < -0.4 is 5.32 Å². The lowest BCUT2D eigenvalue weighted by Gasteiger charge is -2.25. The summed E-state index contributed by atoms with van der Waals surface area (Å²) in [6.45, 7) is 2.25. The van der Waals surface area contributed by atoms with Crippen molar-refractivity contribution in [2.45, 2.75) is 24.2 Å². The van der Waals surface area contributed by atoms with Crippen molar-refractivity contribution in [3.63, 3.8) is 0 Å². The third kappa shape index (κ3) is 4.28. The van der Waals surface area contributed by atoms with E-state index in [0.29, 0.717) is 12.2 Å². The number of sulfonamides is 1. The van der Waals surface area contributed by atoms with Crippen LogP contribution in [0.4, 0.5) is 5.69 Å². The summed E-state index contributed by atoms with van der Waals surface area (Å²) in [6, 6.07) is 6.34. The van der Waals surface area contributed by atoms with E-state index in [1.54, 1.807) is 12.1 Å². The molecule has 0 aromatic heterocycles. The van der Waals surface area contributed by atoms with E-state index in [-0.39, 0.29) is 10.8 Å². The van der Waals surface area contributed by atoms with Crippen LogP contribution in [0.5, 0.6) is 0 Å². The van der Waals surface area contributed by atoms with Crippen molar-refractivity contribution < 1.29 is 13.2 Å². The van der Waals surface area contributed by atoms with Crippen LogP contribution in [0.2, 0.25) is 0 Å². The number of carbonyl (C=O) groups is 1. The van der Waals surface area contributed by atoms with Crippen LogP contribution >= 0.6 is 0 Å². The highest BCUT2D eigenvalue weighted by Crippen LogP contribution is 2.18.